The molecule has 4 aromatic rings. The van der Waals surface area contributed by atoms with Crippen LogP contribution >= 0.6 is 0 Å². The van der Waals surface area contributed by atoms with Crippen LogP contribution in [0.1, 0.15) is 41.5 Å². The van der Waals surface area contributed by atoms with Crippen molar-refractivity contribution in [1.82, 2.24) is 14.9 Å². The van der Waals surface area contributed by atoms with E-state index >= 15 is 0 Å². The van der Waals surface area contributed by atoms with Gasteiger partial charge < -0.3 is 5.32 Å². The van der Waals surface area contributed by atoms with Gasteiger partial charge in [-0.1, -0.05) is 30.3 Å². The minimum atomic E-state index is 0.818. The molecule has 4 heteroatoms. The zero-order chi connectivity index (χ0) is 22.2. The molecule has 0 unspecified atom stereocenters. The first-order valence-electron chi connectivity index (χ1n) is 12.2. The quantitative estimate of drug-likeness (QED) is 0.393. The van der Waals surface area contributed by atoms with E-state index in [2.05, 4.69) is 70.7 Å². The normalized spacial score (nSPS) is 15.8. The van der Waals surface area contributed by atoms with Crippen molar-refractivity contribution < 1.29 is 0 Å². The van der Waals surface area contributed by atoms with Crippen LogP contribution in [0.3, 0.4) is 0 Å². The van der Waals surface area contributed by atoms with E-state index in [1.165, 1.54) is 78.6 Å². The Balaban J connectivity index is 1.33. The summed E-state index contributed by atoms with van der Waals surface area (Å²) >= 11 is 0. The van der Waals surface area contributed by atoms with Gasteiger partial charge >= 0.3 is 0 Å². The molecule has 1 saturated heterocycles. The number of nitrogens with zero attached hydrogens (tertiary/aromatic N) is 3. The summed E-state index contributed by atoms with van der Waals surface area (Å²) in [5.74, 6) is 0.818. The largest absolute Gasteiger partial charge is 0.338 e. The highest BCUT2D eigenvalue weighted by Crippen LogP contribution is 2.37. The zero-order valence-electron chi connectivity index (χ0n) is 19.3. The lowest BCUT2D eigenvalue weighted by Gasteiger charge is -2.17. The van der Waals surface area contributed by atoms with Crippen molar-refractivity contribution in [2.75, 3.05) is 18.4 Å². The molecule has 0 spiro atoms. The van der Waals surface area contributed by atoms with E-state index < -0.39 is 0 Å². The van der Waals surface area contributed by atoms with Gasteiger partial charge in [-0.05, 0) is 104 Å². The number of nitrogens with one attached hydrogen (secondary N) is 1. The Labute approximate surface area is 195 Å². The number of benzene rings is 2. The van der Waals surface area contributed by atoms with E-state index in [-0.39, 0.29) is 0 Å². The first-order chi connectivity index (χ1) is 16.3. The van der Waals surface area contributed by atoms with Crippen molar-refractivity contribution in [3.05, 3.63) is 83.2 Å². The Morgan fingerprint density at radius 2 is 1.76 bits per heavy atom. The second-order valence-electron chi connectivity index (χ2n) is 9.46. The van der Waals surface area contributed by atoms with Crippen LogP contribution in [0.25, 0.3) is 22.0 Å². The molecule has 4 nitrogen and oxygen atoms in total. The number of aryl methyl sites for hydroxylation is 1. The maximum Gasteiger partial charge on any atom is 0.156 e. The molecule has 166 valence electrons. The van der Waals surface area contributed by atoms with Crippen LogP contribution in [0.15, 0.2) is 60.9 Å². The number of aromatic nitrogens is 2. The third-order valence-corrected chi connectivity index (χ3v) is 7.28. The van der Waals surface area contributed by atoms with Crippen molar-refractivity contribution in [2.24, 2.45) is 0 Å². The molecule has 0 radical (unpaired) electrons. The van der Waals surface area contributed by atoms with Gasteiger partial charge in [-0.15, -0.1) is 0 Å². The molecule has 1 aliphatic heterocycles. The number of rotatable bonds is 5. The number of fused-ring (bicyclic) bond motifs is 2. The lowest BCUT2D eigenvalue weighted by molar-refractivity contribution is 0.331. The number of hydrogen-bond acceptors (Lipinski definition) is 4. The van der Waals surface area contributed by atoms with Crippen LogP contribution in [-0.2, 0) is 19.4 Å². The molecule has 2 aromatic heterocycles. The maximum atomic E-state index is 4.83. The fourth-order valence-corrected chi connectivity index (χ4v) is 5.54. The van der Waals surface area contributed by atoms with Crippen molar-refractivity contribution in [3.63, 3.8) is 0 Å². The highest BCUT2D eigenvalue weighted by Gasteiger charge is 2.18. The zero-order valence-corrected chi connectivity index (χ0v) is 19.3. The molecule has 0 atom stereocenters. The van der Waals surface area contributed by atoms with Gasteiger partial charge in [-0.25, -0.2) is 4.98 Å². The first kappa shape index (κ1) is 20.4. The SMILES string of the molecule is Cc1c(Nc2nccc3cc(CN4CCCC4)cnc23)cccc1-c1cccc2c1CCC2. The van der Waals surface area contributed by atoms with E-state index in [0.717, 1.165) is 29.0 Å². The Kier molecular flexibility index (Phi) is 5.31. The maximum absolute atomic E-state index is 4.83. The molecule has 2 aliphatic rings. The summed E-state index contributed by atoms with van der Waals surface area (Å²) in [5.41, 5.74) is 10.3. The Morgan fingerprint density at radius 1 is 0.909 bits per heavy atom. The van der Waals surface area contributed by atoms with Gasteiger partial charge in [0.05, 0.1) is 0 Å². The molecular formula is C29H30N4. The summed E-state index contributed by atoms with van der Waals surface area (Å²) in [7, 11) is 0. The smallest absolute Gasteiger partial charge is 0.156 e. The Hall–Kier alpha value is -3.24. The minimum Gasteiger partial charge on any atom is -0.338 e. The molecule has 0 amide bonds. The van der Waals surface area contributed by atoms with Crippen LogP contribution in [0.5, 0.6) is 0 Å². The Bertz CT molecular complexity index is 1320. The second-order valence-corrected chi connectivity index (χ2v) is 9.46. The predicted molar refractivity (Wildman–Crippen MR) is 136 cm³/mol. The van der Waals surface area contributed by atoms with Crippen LogP contribution in [0.4, 0.5) is 11.5 Å². The first-order valence-corrected chi connectivity index (χ1v) is 12.2. The Morgan fingerprint density at radius 3 is 2.67 bits per heavy atom. The molecule has 0 bridgehead atoms. The standard InChI is InChI=1S/C29H30N4/c1-20-24(26-11-5-8-22-7-4-10-25(22)26)9-6-12-27(20)32-29-28-23(13-14-30-29)17-21(18-31-28)19-33-15-2-3-16-33/h5-6,8-9,11-14,17-18H,2-4,7,10,15-16,19H2,1H3,(H,30,32). The monoisotopic (exact) mass is 434 g/mol. The fourth-order valence-electron chi connectivity index (χ4n) is 5.54. The third kappa shape index (κ3) is 3.89. The van der Waals surface area contributed by atoms with Crippen molar-refractivity contribution in [3.8, 4) is 11.1 Å². The molecule has 1 N–H and O–H groups in total. The number of anilines is 2. The van der Waals surface area contributed by atoms with E-state index in [1.807, 2.05) is 12.4 Å². The van der Waals surface area contributed by atoms with E-state index in [1.54, 1.807) is 0 Å². The summed E-state index contributed by atoms with van der Waals surface area (Å²) in [4.78, 5) is 12.0. The van der Waals surface area contributed by atoms with Gasteiger partial charge in [0.1, 0.15) is 5.52 Å². The summed E-state index contributed by atoms with van der Waals surface area (Å²) in [5, 5.41) is 4.74. The number of likely N-dealkylation sites (tertiary alicyclic amines) is 1. The van der Waals surface area contributed by atoms with Gasteiger partial charge in [-0.3, -0.25) is 9.88 Å². The van der Waals surface area contributed by atoms with Crippen LogP contribution in [0, 0.1) is 6.92 Å². The van der Waals surface area contributed by atoms with E-state index in [9.17, 15) is 0 Å². The lowest BCUT2D eigenvalue weighted by Crippen LogP contribution is -2.18. The van der Waals surface area contributed by atoms with Crippen LogP contribution in [-0.4, -0.2) is 28.0 Å². The topological polar surface area (TPSA) is 41.1 Å². The van der Waals surface area contributed by atoms with Gasteiger partial charge in [-0.2, -0.15) is 0 Å². The predicted octanol–water partition coefficient (Wildman–Crippen LogP) is 6.43. The molecule has 1 aliphatic carbocycles. The average Bonchev–Trinajstić information content (AvgIpc) is 3.52. The second kappa shape index (κ2) is 8.60. The van der Waals surface area contributed by atoms with Crippen molar-refractivity contribution in [1.29, 1.82) is 0 Å². The van der Waals surface area contributed by atoms with E-state index in [4.69, 9.17) is 4.98 Å². The summed E-state index contributed by atoms with van der Waals surface area (Å²) < 4.78 is 0. The van der Waals surface area contributed by atoms with Gasteiger partial charge in [0.15, 0.2) is 5.82 Å². The minimum absolute atomic E-state index is 0.818. The van der Waals surface area contributed by atoms with Crippen LogP contribution in [0.2, 0.25) is 0 Å². The van der Waals surface area contributed by atoms with Crippen molar-refractivity contribution >= 4 is 22.4 Å². The highest BCUT2D eigenvalue weighted by molar-refractivity contribution is 5.91. The van der Waals surface area contributed by atoms with Gasteiger partial charge in [0, 0.05) is 30.0 Å². The fraction of sp³-hybridized carbons (Fsp3) is 0.310. The van der Waals surface area contributed by atoms with E-state index in [0.29, 0.717) is 0 Å². The summed E-state index contributed by atoms with van der Waals surface area (Å²) in [6.07, 6.45) is 10.2. The summed E-state index contributed by atoms with van der Waals surface area (Å²) in [6, 6.07) is 17.6. The van der Waals surface area contributed by atoms with Crippen molar-refractivity contribution in [2.45, 2.75) is 45.6 Å². The van der Waals surface area contributed by atoms with Crippen LogP contribution < -0.4 is 5.32 Å². The molecule has 1 fully saturated rings. The van der Waals surface area contributed by atoms with Gasteiger partial charge in [0.2, 0.25) is 0 Å². The third-order valence-electron chi connectivity index (χ3n) is 7.28. The van der Waals surface area contributed by atoms with Gasteiger partial charge in [0.25, 0.3) is 0 Å². The highest BCUT2D eigenvalue weighted by atomic mass is 15.1. The number of pyridine rings is 2. The summed E-state index contributed by atoms with van der Waals surface area (Å²) in [6.45, 7) is 5.58. The molecule has 2 aromatic carbocycles. The molecular weight excluding hydrogens is 404 g/mol. The molecule has 6 rings (SSSR count). The average molecular weight is 435 g/mol. The molecule has 0 saturated carbocycles. The molecule has 3 heterocycles. The molecule has 33 heavy (non-hydrogen) atoms. The lowest BCUT2D eigenvalue weighted by atomic mass is 9.93. The number of hydrogen-bond donors (Lipinski definition) is 1.